The molecule has 0 aliphatic carbocycles. The molecule has 0 bridgehead atoms. The van der Waals surface area contributed by atoms with Crippen LogP contribution < -0.4 is 11.1 Å². The van der Waals surface area contributed by atoms with Crippen LogP contribution in [0.5, 0.6) is 0 Å². The van der Waals surface area contributed by atoms with Gasteiger partial charge in [-0.05, 0) is 31.4 Å². The maximum Gasteiger partial charge on any atom is 0.240 e. The van der Waals surface area contributed by atoms with Crippen molar-refractivity contribution in [3.05, 3.63) is 30.1 Å². The lowest BCUT2D eigenvalue weighted by atomic mass is 9.92. The number of hydrogen-bond acceptors (Lipinski definition) is 3. The topological polar surface area (TPSA) is 68.0 Å². The van der Waals surface area contributed by atoms with Crippen LogP contribution in [-0.4, -0.2) is 16.4 Å². The number of pyridine rings is 1. The molecule has 0 radical (unpaired) electrons. The van der Waals surface area contributed by atoms with E-state index in [9.17, 15) is 4.79 Å². The minimum atomic E-state index is -0.767. The molecule has 0 unspecified atom stereocenters. The van der Waals surface area contributed by atoms with E-state index in [4.69, 9.17) is 5.73 Å². The van der Waals surface area contributed by atoms with Gasteiger partial charge in [-0.25, -0.2) is 0 Å². The fraction of sp³-hybridized carbons (Fsp3) is 0.538. The van der Waals surface area contributed by atoms with Crippen molar-refractivity contribution in [1.29, 1.82) is 0 Å². The summed E-state index contributed by atoms with van der Waals surface area (Å²) in [7, 11) is 0. The molecule has 4 nitrogen and oxygen atoms in total. The van der Waals surface area contributed by atoms with Gasteiger partial charge in [0.2, 0.25) is 5.91 Å². The Hall–Kier alpha value is -1.42. The van der Waals surface area contributed by atoms with Gasteiger partial charge in [-0.3, -0.25) is 9.78 Å². The monoisotopic (exact) mass is 235 g/mol. The third-order valence-electron chi connectivity index (χ3n) is 3.25. The Labute approximate surface area is 103 Å². The van der Waals surface area contributed by atoms with Crippen LogP contribution in [0, 0.1) is 0 Å². The van der Waals surface area contributed by atoms with E-state index >= 15 is 0 Å². The number of nitrogens with zero attached hydrogens (tertiary/aromatic N) is 1. The Balaban J connectivity index is 2.69. The van der Waals surface area contributed by atoms with Crippen molar-refractivity contribution in [3.63, 3.8) is 0 Å². The smallest absolute Gasteiger partial charge is 0.240 e. The molecule has 0 aliphatic heterocycles. The maximum atomic E-state index is 12.1. The van der Waals surface area contributed by atoms with Crippen molar-refractivity contribution in [2.45, 2.75) is 45.2 Å². The Bertz CT molecular complexity index is 360. The second-order valence-electron chi connectivity index (χ2n) is 4.34. The Morgan fingerprint density at radius 3 is 2.65 bits per heavy atom. The lowest BCUT2D eigenvalue weighted by molar-refractivity contribution is -0.127. The summed E-state index contributed by atoms with van der Waals surface area (Å²) in [5, 5.41) is 2.93. The molecule has 94 valence electrons. The van der Waals surface area contributed by atoms with E-state index in [1.165, 1.54) is 0 Å². The number of nitrogens with two attached hydrogens (primary N) is 1. The zero-order chi connectivity index (χ0) is 12.9. The second kappa shape index (κ2) is 5.77. The standard InChI is InChI=1S/C13H21N3O/c1-4-13(14,5-2)12(17)16-10(3)11-7-6-8-15-9-11/h6-10H,4-5,14H2,1-3H3,(H,16,17)/t10-/m0/s1. The number of aromatic nitrogens is 1. The third kappa shape index (κ3) is 3.27. The van der Waals surface area contributed by atoms with E-state index in [1.807, 2.05) is 32.9 Å². The first kappa shape index (κ1) is 13.6. The van der Waals surface area contributed by atoms with Crippen LogP contribution in [0.1, 0.15) is 45.2 Å². The highest BCUT2D eigenvalue weighted by Crippen LogP contribution is 2.15. The van der Waals surface area contributed by atoms with E-state index in [0.717, 1.165) is 5.56 Å². The van der Waals surface area contributed by atoms with Crippen LogP contribution in [0.25, 0.3) is 0 Å². The van der Waals surface area contributed by atoms with Crippen molar-refractivity contribution >= 4 is 5.91 Å². The summed E-state index contributed by atoms with van der Waals surface area (Å²) in [4.78, 5) is 16.1. The maximum absolute atomic E-state index is 12.1. The minimum absolute atomic E-state index is 0.0720. The van der Waals surface area contributed by atoms with Crippen molar-refractivity contribution < 1.29 is 4.79 Å². The van der Waals surface area contributed by atoms with Gasteiger partial charge < -0.3 is 11.1 Å². The van der Waals surface area contributed by atoms with Gasteiger partial charge in [0.1, 0.15) is 0 Å². The van der Waals surface area contributed by atoms with Crippen LogP contribution in [-0.2, 0) is 4.79 Å². The Kier molecular flexibility index (Phi) is 4.63. The first-order valence-corrected chi connectivity index (χ1v) is 6.03. The molecule has 0 aliphatic rings. The molecule has 1 atom stereocenters. The van der Waals surface area contributed by atoms with Crippen LogP contribution in [0.3, 0.4) is 0 Å². The molecule has 0 aromatic carbocycles. The predicted octanol–water partition coefficient (Wildman–Crippen LogP) is 1.78. The fourth-order valence-electron chi connectivity index (χ4n) is 1.63. The van der Waals surface area contributed by atoms with Gasteiger partial charge in [0, 0.05) is 12.4 Å². The van der Waals surface area contributed by atoms with Gasteiger partial charge in [-0.1, -0.05) is 19.9 Å². The van der Waals surface area contributed by atoms with Crippen LogP contribution >= 0.6 is 0 Å². The van der Waals surface area contributed by atoms with E-state index < -0.39 is 5.54 Å². The molecule has 17 heavy (non-hydrogen) atoms. The average molecular weight is 235 g/mol. The third-order valence-corrected chi connectivity index (χ3v) is 3.25. The van der Waals surface area contributed by atoms with Gasteiger partial charge in [-0.15, -0.1) is 0 Å². The first-order chi connectivity index (χ1) is 8.03. The normalized spacial score (nSPS) is 13.2. The lowest BCUT2D eigenvalue weighted by Gasteiger charge is -2.27. The summed E-state index contributed by atoms with van der Waals surface area (Å²) < 4.78 is 0. The van der Waals surface area contributed by atoms with Gasteiger partial charge in [0.15, 0.2) is 0 Å². The van der Waals surface area contributed by atoms with Gasteiger partial charge in [-0.2, -0.15) is 0 Å². The number of rotatable bonds is 5. The largest absolute Gasteiger partial charge is 0.348 e. The summed E-state index contributed by atoms with van der Waals surface area (Å²) in [5.74, 6) is -0.0983. The van der Waals surface area contributed by atoms with Gasteiger partial charge in [0.25, 0.3) is 0 Å². The van der Waals surface area contributed by atoms with E-state index in [-0.39, 0.29) is 11.9 Å². The molecule has 0 saturated carbocycles. The van der Waals surface area contributed by atoms with E-state index in [1.54, 1.807) is 12.4 Å². The van der Waals surface area contributed by atoms with E-state index in [2.05, 4.69) is 10.3 Å². The molecule has 1 heterocycles. The zero-order valence-electron chi connectivity index (χ0n) is 10.7. The highest BCUT2D eigenvalue weighted by Gasteiger charge is 2.30. The number of amides is 1. The molecule has 3 N–H and O–H groups in total. The molecule has 1 rings (SSSR count). The Morgan fingerprint density at radius 2 is 2.18 bits per heavy atom. The van der Waals surface area contributed by atoms with Crippen molar-refractivity contribution in [3.8, 4) is 0 Å². The molecule has 1 aromatic heterocycles. The highest BCUT2D eigenvalue weighted by molar-refractivity contribution is 5.86. The second-order valence-corrected chi connectivity index (χ2v) is 4.34. The highest BCUT2D eigenvalue weighted by atomic mass is 16.2. The minimum Gasteiger partial charge on any atom is -0.348 e. The molecule has 0 fully saturated rings. The summed E-state index contributed by atoms with van der Waals surface area (Å²) in [6.45, 7) is 5.79. The predicted molar refractivity (Wildman–Crippen MR) is 68.3 cm³/mol. The summed E-state index contributed by atoms with van der Waals surface area (Å²) in [6.07, 6.45) is 4.73. The van der Waals surface area contributed by atoms with Gasteiger partial charge >= 0.3 is 0 Å². The van der Waals surface area contributed by atoms with Crippen LogP contribution in [0.4, 0.5) is 0 Å². The van der Waals surface area contributed by atoms with Crippen molar-refractivity contribution in [2.24, 2.45) is 5.73 Å². The molecular formula is C13H21N3O. The SMILES string of the molecule is CCC(N)(CC)C(=O)N[C@@H](C)c1cccnc1. The molecule has 1 amide bonds. The Morgan fingerprint density at radius 1 is 1.53 bits per heavy atom. The van der Waals surface area contributed by atoms with Crippen LogP contribution in [0.15, 0.2) is 24.5 Å². The zero-order valence-corrected chi connectivity index (χ0v) is 10.7. The van der Waals surface area contributed by atoms with Crippen molar-refractivity contribution in [1.82, 2.24) is 10.3 Å². The van der Waals surface area contributed by atoms with E-state index in [0.29, 0.717) is 12.8 Å². The number of nitrogens with one attached hydrogen (secondary N) is 1. The van der Waals surface area contributed by atoms with Gasteiger partial charge in [0.05, 0.1) is 11.6 Å². The molecule has 0 spiro atoms. The number of hydrogen-bond donors (Lipinski definition) is 2. The summed E-state index contributed by atoms with van der Waals surface area (Å²) in [6, 6.07) is 3.72. The number of carbonyl (C=O) groups excluding carboxylic acids is 1. The number of carbonyl (C=O) groups is 1. The summed E-state index contributed by atoms with van der Waals surface area (Å²) >= 11 is 0. The fourth-order valence-corrected chi connectivity index (χ4v) is 1.63. The summed E-state index contributed by atoms with van der Waals surface area (Å²) in [5.41, 5.74) is 6.25. The lowest BCUT2D eigenvalue weighted by Crippen LogP contribution is -2.53. The average Bonchev–Trinajstić information content (AvgIpc) is 2.38. The molecule has 1 aromatic rings. The quantitative estimate of drug-likeness (QED) is 0.817. The molecular weight excluding hydrogens is 214 g/mol. The van der Waals surface area contributed by atoms with Crippen molar-refractivity contribution in [2.75, 3.05) is 0 Å². The molecule has 4 heteroatoms. The first-order valence-electron chi connectivity index (χ1n) is 6.03. The molecule has 0 saturated heterocycles. The van der Waals surface area contributed by atoms with Crippen LogP contribution in [0.2, 0.25) is 0 Å².